The Bertz CT molecular complexity index is 3110. The summed E-state index contributed by atoms with van der Waals surface area (Å²) in [5.74, 6) is 1.41. The molecule has 2 atom stereocenters. The van der Waals surface area contributed by atoms with Crippen LogP contribution in [0, 0.1) is 5.92 Å². The number of nitrogens with zero attached hydrogens (tertiary/aromatic N) is 1. The minimum atomic E-state index is -0.366. The number of para-hydroxylation sites is 2. The van der Waals surface area contributed by atoms with Crippen molar-refractivity contribution in [3.8, 4) is 33.8 Å². The molecule has 9 aromatic rings. The summed E-state index contributed by atoms with van der Waals surface area (Å²) in [5, 5.41) is 2.57. The van der Waals surface area contributed by atoms with Crippen molar-refractivity contribution >= 4 is 48.6 Å². The lowest BCUT2D eigenvalue weighted by Gasteiger charge is -2.35. The highest BCUT2D eigenvalue weighted by atomic mass is 32.1. The van der Waals surface area contributed by atoms with E-state index >= 15 is 0 Å². The van der Waals surface area contributed by atoms with Crippen LogP contribution in [0.25, 0.3) is 42.4 Å². The van der Waals surface area contributed by atoms with Crippen LogP contribution < -0.4 is 14.4 Å². The molecule has 8 aromatic carbocycles. The average molecular weight is 776 g/mol. The maximum absolute atomic E-state index is 6.67. The summed E-state index contributed by atoms with van der Waals surface area (Å²) in [7, 11) is 0. The molecule has 2 unspecified atom stereocenters. The van der Waals surface area contributed by atoms with Gasteiger partial charge in [-0.05, 0) is 99.6 Å². The van der Waals surface area contributed by atoms with Crippen molar-refractivity contribution in [1.82, 2.24) is 0 Å². The third kappa shape index (κ3) is 5.13. The van der Waals surface area contributed by atoms with Gasteiger partial charge in [0.25, 0.3) is 0 Å². The largest absolute Gasteiger partial charge is 0.461 e. The standard InChI is InChI=1S/C55H37NO2S/c1-2-14-37(15-3-1)56(50-24-12-7-16-39(50)36-26-29-54-45(34-36)44-20-8-13-25-53(44)59-54)38-27-28-51-52(35-38)58-32-30-43-42-19-6-11-23-48(42)55(49(43)31-33-57-51)46-21-9-4-17-40(46)41-18-5-10-22-47(41)55/h1-35,43,49H/b32-30+,33-31?. The molecule has 1 spiro atoms. The third-order valence-corrected chi connectivity index (χ3v) is 13.8. The normalized spacial score (nSPS) is 17.3. The molecule has 3 aliphatic rings. The Balaban J connectivity index is 0.967. The summed E-state index contributed by atoms with van der Waals surface area (Å²) in [5.41, 5.74) is 12.9. The van der Waals surface area contributed by atoms with Crippen LogP contribution in [-0.2, 0) is 5.41 Å². The summed E-state index contributed by atoms with van der Waals surface area (Å²) in [6, 6.07) is 67.8. The fraction of sp³-hybridized carbons (Fsp3) is 0.0545. The molecule has 0 fully saturated rings. The second kappa shape index (κ2) is 13.5. The second-order valence-electron chi connectivity index (χ2n) is 15.6. The monoisotopic (exact) mass is 775 g/mol. The second-order valence-corrected chi connectivity index (χ2v) is 16.6. The summed E-state index contributed by atoms with van der Waals surface area (Å²) in [4.78, 5) is 2.31. The molecule has 0 radical (unpaired) electrons. The molecule has 2 aliphatic carbocycles. The molecule has 1 aromatic heterocycles. The van der Waals surface area contributed by atoms with Gasteiger partial charge in [-0.25, -0.2) is 0 Å². The minimum Gasteiger partial charge on any atom is -0.461 e. The molecular weight excluding hydrogens is 739 g/mol. The van der Waals surface area contributed by atoms with E-state index in [1.54, 1.807) is 0 Å². The number of rotatable bonds is 4. The molecule has 1 aliphatic heterocycles. The van der Waals surface area contributed by atoms with Gasteiger partial charge in [-0.15, -0.1) is 11.3 Å². The van der Waals surface area contributed by atoms with Crippen LogP contribution >= 0.6 is 11.3 Å². The number of anilines is 3. The number of fused-ring (bicyclic) bond motifs is 14. The van der Waals surface area contributed by atoms with E-state index in [1.165, 1.54) is 59.1 Å². The van der Waals surface area contributed by atoms with E-state index in [9.17, 15) is 0 Å². The molecule has 59 heavy (non-hydrogen) atoms. The maximum Gasteiger partial charge on any atom is 0.171 e. The predicted octanol–water partition coefficient (Wildman–Crippen LogP) is 14.7. The van der Waals surface area contributed by atoms with Crippen molar-refractivity contribution in [1.29, 1.82) is 0 Å². The van der Waals surface area contributed by atoms with Crippen LogP contribution in [0.5, 0.6) is 11.5 Å². The van der Waals surface area contributed by atoms with E-state index < -0.39 is 0 Å². The van der Waals surface area contributed by atoms with Gasteiger partial charge >= 0.3 is 0 Å². The topological polar surface area (TPSA) is 21.7 Å². The van der Waals surface area contributed by atoms with E-state index in [0.29, 0.717) is 11.5 Å². The van der Waals surface area contributed by atoms with Crippen molar-refractivity contribution in [2.45, 2.75) is 11.3 Å². The lowest BCUT2D eigenvalue weighted by molar-refractivity contribution is 0.391. The maximum atomic E-state index is 6.67. The van der Waals surface area contributed by atoms with Crippen molar-refractivity contribution < 1.29 is 9.47 Å². The van der Waals surface area contributed by atoms with E-state index in [2.05, 4.69) is 199 Å². The van der Waals surface area contributed by atoms with Gasteiger partial charge in [0.2, 0.25) is 0 Å². The zero-order valence-corrected chi connectivity index (χ0v) is 32.9. The molecule has 12 rings (SSSR count). The Morgan fingerprint density at radius 1 is 0.458 bits per heavy atom. The molecule has 0 saturated carbocycles. The van der Waals surface area contributed by atoms with Gasteiger partial charge in [0.15, 0.2) is 11.5 Å². The quantitative estimate of drug-likeness (QED) is 0.178. The highest BCUT2D eigenvalue weighted by Crippen LogP contribution is 2.64. The molecule has 0 amide bonds. The van der Waals surface area contributed by atoms with Crippen molar-refractivity contribution in [2.24, 2.45) is 5.92 Å². The Morgan fingerprint density at radius 3 is 1.93 bits per heavy atom. The molecule has 0 saturated heterocycles. The number of benzene rings is 8. The van der Waals surface area contributed by atoms with Crippen LogP contribution in [0.3, 0.4) is 0 Å². The van der Waals surface area contributed by atoms with E-state index in [0.717, 1.165) is 22.6 Å². The van der Waals surface area contributed by atoms with Crippen molar-refractivity contribution in [3.63, 3.8) is 0 Å². The minimum absolute atomic E-state index is 0.0559. The molecule has 0 N–H and O–H groups in total. The van der Waals surface area contributed by atoms with Crippen molar-refractivity contribution in [2.75, 3.05) is 4.90 Å². The van der Waals surface area contributed by atoms with Crippen LogP contribution in [0.1, 0.15) is 28.2 Å². The number of hydrogen-bond donors (Lipinski definition) is 0. The first-order valence-electron chi connectivity index (χ1n) is 20.2. The lowest BCUT2D eigenvalue weighted by atomic mass is 9.66. The Labute approximate surface area is 347 Å². The molecule has 0 bridgehead atoms. The Morgan fingerprint density at radius 2 is 1.10 bits per heavy atom. The number of thiophene rings is 1. The smallest absolute Gasteiger partial charge is 0.171 e. The summed E-state index contributed by atoms with van der Waals surface area (Å²) >= 11 is 1.84. The van der Waals surface area contributed by atoms with E-state index in [-0.39, 0.29) is 17.3 Å². The molecule has 280 valence electrons. The third-order valence-electron chi connectivity index (χ3n) is 12.6. The zero-order chi connectivity index (χ0) is 38.9. The first-order chi connectivity index (χ1) is 29.3. The molecule has 4 heteroatoms. The van der Waals surface area contributed by atoms with Gasteiger partial charge in [0, 0.05) is 49.3 Å². The van der Waals surface area contributed by atoms with Gasteiger partial charge < -0.3 is 14.4 Å². The van der Waals surface area contributed by atoms with E-state index in [4.69, 9.17) is 9.47 Å². The van der Waals surface area contributed by atoms with Gasteiger partial charge in [0.05, 0.1) is 29.3 Å². The van der Waals surface area contributed by atoms with Crippen molar-refractivity contribution in [3.05, 3.63) is 235 Å². The van der Waals surface area contributed by atoms with Crippen LogP contribution in [0.2, 0.25) is 0 Å². The average Bonchev–Trinajstić information content (AvgIpc) is 3.91. The zero-order valence-electron chi connectivity index (χ0n) is 32.0. The van der Waals surface area contributed by atoms with Crippen LogP contribution in [0.4, 0.5) is 17.1 Å². The number of hydrogen-bond acceptors (Lipinski definition) is 4. The highest BCUT2D eigenvalue weighted by molar-refractivity contribution is 7.25. The van der Waals surface area contributed by atoms with Gasteiger partial charge in [0.1, 0.15) is 0 Å². The Kier molecular flexibility index (Phi) is 7.75. The molecular formula is C55H37NO2S. The van der Waals surface area contributed by atoms with Crippen LogP contribution in [0.15, 0.2) is 213 Å². The number of allylic oxidation sites excluding steroid dienone is 2. The number of ether oxygens (including phenoxy) is 2. The fourth-order valence-corrected chi connectivity index (χ4v) is 11.3. The Hall–Kier alpha value is -7.14. The van der Waals surface area contributed by atoms with Gasteiger partial charge in [-0.1, -0.05) is 133 Å². The lowest BCUT2D eigenvalue weighted by Crippen LogP contribution is -2.32. The molecule has 3 nitrogen and oxygen atoms in total. The summed E-state index contributed by atoms with van der Waals surface area (Å²) in [6.07, 6.45) is 8.32. The van der Waals surface area contributed by atoms with Crippen LogP contribution in [-0.4, -0.2) is 0 Å². The highest BCUT2D eigenvalue weighted by Gasteiger charge is 2.56. The first-order valence-corrected chi connectivity index (χ1v) is 21.0. The van der Waals surface area contributed by atoms with Gasteiger partial charge in [-0.3, -0.25) is 0 Å². The summed E-state index contributed by atoms with van der Waals surface area (Å²) in [6.45, 7) is 0. The molecule has 2 heterocycles. The first kappa shape index (κ1) is 33.9. The predicted molar refractivity (Wildman–Crippen MR) is 243 cm³/mol. The van der Waals surface area contributed by atoms with Gasteiger partial charge in [-0.2, -0.15) is 0 Å². The SMILES string of the molecule is C1=CC2C(/C=C/Oc3cc(N(c4ccccc4)c4ccccc4-c4ccc5sc6ccccc6c5c4)ccc3O1)c1ccccc1C21c2ccccc2-c2ccccc21. The fourth-order valence-electron chi connectivity index (χ4n) is 10.2. The summed E-state index contributed by atoms with van der Waals surface area (Å²) < 4.78 is 15.9. The van der Waals surface area contributed by atoms with E-state index in [1.807, 2.05) is 29.9 Å².